The largest absolute Gasteiger partial charge is 0.280 e. The van der Waals surface area contributed by atoms with Gasteiger partial charge < -0.3 is 0 Å². The van der Waals surface area contributed by atoms with Crippen molar-refractivity contribution in [1.29, 1.82) is 0 Å². The van der Waals surface area contributed by atoms with Crippen molar-refractivity contribution in [3.05, 3.63) is 71.6 Å². The van der Waals surface area contributed by atoms with Crippen molar-refractivity contribution < 1.29 is 0 Å². The van der Waals surface area contributed by atoms with Crippen LogP contribution in [0.5, 0.6) is 0 Å². The van der Waals surface area contributed by atoms with Crippen molar-refractivity contribution >= 4 is 11.3 Å². The average molecular weight is 264 g/mol. The highest BCUT2D eigenvalue weighted by atomic mass is 14.8. The van der Waals surface area contributed by atoms with Crippen LogP contribution in [-0.4, -0.2) is 17.2 Å². The monoisotopic (exact) mass is 264 g/mol. The van der Waals surface area contributed by atoms with Crippen LogP contribution in [0.25, 0.3) is 5.57 Å². The summed E-state index contributed by atoms with van der Waals surface area (Å²) < 4.78 is 0. The summed E-state index contributed by atoms with van der Waals surface area (Å²) in [5.41, 5.74) is 6.06. The van der Waals surface area contributed by atoms with Gasteiger partial charge in [0.25, 0.3) is 0 Å². The van der Waals surface area contributed by atoms with E-state index in [9.17, 15) is 0 Å². The lowest BCUT2D eigenvalue weighted by molar-refractivity contribution is 1.18. The maximum Gasteiger partial charge on any atom is 0.0730 e. The average Bonchev–Trinajstić information content (AvgIpc) is 2.93. The number of benzene rings is 1. The van der Waals surface area contributed by atoms with E-state index in [1.54, 1.807) is 0 Å². The predicted molar refractivity (Wildman–Crippen MR) is 86.0 cm³/mol. The molecular weight excluding hydrogens is 244 g/mol. The van der Waals surface area contributed by atoms with E-state index in [-0.39, 0.29) is 0 Å². The third kappa shape index (κ3) is 2.85. The Kier molecular flexibility index (Phi) is 4.83. The first-order valence-corrected chi connectivity index (χ1v) is 7.06. The molecule has 0 N–H and O–H groups in total. The van der Waals surface area contributed by atoms with Gasteiger partial charge in [-0.2, -0.15) is 0 Å². The Hall–Kier alpha value is -2.22. The van der Waals surface area contributed by atoms with Crippen molar-refractivity contribution in [2.75, 3.05) is 6.54 Å². The fourth-order valence-corrected chi connectivity index (χ4v) is 2.29. The molecule has 1 aliphatic rings. The molecule has 0 aliphatic carbocycles. The summed E-state index contributed by atoms with van der Waals surface area (Å²) >= 11 is 0. The first kappa shape index (κ1) is 14.2. The summed E-state index contributed by atoms with van der Waals surface area (Å²) in [7, 11) is 0. The number of aliphatic imine (C=N–C) groups is 1. The molecule has 1 aromatic carbocycles. The molecule has 1 aliphatic heterocycles. The minimum absolute atomic E-state index is 0.794. The summed E-state index contributed by atoms with van der Waals surface area (Å²) in [5, 5.41) is 0. The van der Waals surface area contributed by atoms with E-state index in [0.717, 1.165) is 17.8 Å². The van der Waals surface area contributed by atoms with Crippen LogP contribution >= 0.6 is 0 Å². The predicted octanol–water partition coefficient (Wildman–Crippen LogP) is 4.38. The molecule has 0 unspecified atom stereocenters. The highest BCUT2D eigenvalue weighted by Crippen LogP contribution is 2.28. The van der Waals surface area contributed by atoms with E-state index in [0.29, 0.717) is 0 Å². The smallest absolute Gasteiger partial charge is 0.0730 e. The minimum atomic E-state index is 0.794. The number of pyridine rings is 1. The number of hydrogen-bond donors (Lipinski definition) is 0. The van der Waals surface area contributed by atoms with Crippen LogP contribution in [0.3, 0.4) is 0 Å². The fourth-order valence-electron chi connectivity index (χ4n) is 2.29. The van der Waals surface area contributed by atoms with E-state index in [2.05, 4.69) is 41.2 Å². The lowest BCUT2D eigenvalue weighted by Crippen LogP contribution is -2.02. The number of hydrogen-bond acceptors (Lipinski definition) is 2. The van der Waals surface area contributed by atoms with E-state index < -0.39 is 0 Å². The van der Waals surface area contributed by atoms with Crippen LogP contribution in [-0.2, 0) is 0 Å². The zero-order chi connectivity index (χ0) is 14.4. The molecule has 2 heteroatoms. The highest BCUT2D eigenvalue weighted by Gasteiger charge is 2.19. The SMILES string of the molecule is CC.CC1=C(c2ccccc2)C(c2ccncc2)=NC1. The molecule has 0 radical (unpaired) electrons. The van der Waals surface area contributed by atoms with Gasteiger partial charge in [0.15, 0.2) is 0 Å². The van der Waals surface area contributed by atoms with Gasteiger partial charge in [-0.3, -0.25) is 9.98 Å². The van der Waals surface area contributed by atoms with E-state index in [1.807, 2.05) is 44.4 Å². The molecule has 0 saturated carbocycles. The molecule has 2 heterocycles. The van der Waals surface area contributed by atoms with Gasteiger partial charge in [0.1, 0.15) is 0 Å². The van der Waals surface area contributed by atoms with Gasteiger partial charge in [-0.15, -0.1) is 0 Å². The maximum atomic E-state index is 4.66. The summed E-state index contributed by atoms with van der Waals surface area (Å²) in [5.74, 6) is 0. The molecule has 0 fully saturated rings. The number of rotatable bonds is 2. The zero-order valence-corrected chi connectivity index (χ0v) is 12.3. The third-order valence-corrected chi connectivity index (χ3v) is 3.15. The molecule has 102 valence electrons. The third-order valence-electron chi connectivity index (χ3n) is 3.15. The van der Waals surface area contributed by atoms with Crippen molar-refractivity contribution in [2.45, 2.75) is 20.8 Å². The summed E-state index contributed by atoms with van der Waals surface area (Å²) in [6.45, 7) is 6.95. The first-order chi connectivity index (χ1) is 9.86. The van der Waals surface area contributed by atoms with Gasteiger partial charge in [-0.05, 0) is 30.2 Å². The lowest BCUT2D eigenvalue weighted by atomic mass is 9.95. The topological polar surface area (TPSA) is 25.2 Å². The molecule has 0 saturated heterocycles. The second-order valence-electron chi connectivity index (χ2n) is 4.42. The molecule has 20 heavy (non-hydrogen) atoms. The fraction of sp³-hybridized carbons (Fsp3) is 0.222. The second-order valence-corrected chi connectivity index (χ2v) is 4.42. The first-order valence-electron chi connectivity index (χ1n) is 7.06. The van der Waals surface area contributed by atoms with Crippen molar-refractivity contribution in [3.63, 3.8) is 0 Å². The second kappa shape index (κ2) is 6.80. The van der Waals surface area contributed by atoms with Crippen LogP contribution in [0.2, 0.25) is 0 Å². The maximum absolute atomic E-state index is 4.66. The van der Waals surface area contributed by atoms with Gasteiger partial charge in [0.05, 0.1) is 12.3 Å². The molecule has 0 amide bonds. The van der Waals surface area contributed by atoms with Gasteiger partial charge in [0.2, 0.25) is 0 Å². The Labute approximate surface area is 120 Å². The van der Waals surface area contributed by atoms with Crippen LogP contribution in [0, 0.1) is 0 Å². The Balaban J connectivity index is 0.000000704. The molecule has 2 aromatic rings. The Bertz CT molecular complexity index is 610. The van der Waals surface area contributed by atoms with Crippen molar-refractivity contribution in [2.24, 2.45) is 4.99 Å². The number of allylic oxidation sites excluding steroid dienone is 1. The molecule has 0 atom stereocenters. The summed E-state index contributed by atoms with van der Waals surface area (Å²) in [6, 6.07) is 14.5. The Morgan fingerprint density at radius 3 is 2.15 bits per heavy atom. The zero-order valence-electron chi connectivity index (χ0n) is 12.3. The molecule has 3 rings (SSSR count). The summed E-state index contributed by atoms with van der Waals surface area (Å²) in [6.07, 6.45) is 3.63. The van der Waals surface area contributed by atoms with Gasteiger partial charge in [-0.1, -0.05) is 44.2 Å². The van der Waals surface area contributed by atoms with Gasteiger partial charge in [0, 0.05) is 23.5 Å². The standard InChI is InChI=1S/C16H14N2.C2H6/c1-12-11-18-16(14-7-9-17-10-8-14)15(12)13-5-3-2-4-6-13;1-2/h2-10H,11H2,1H3;1-2H3. The lowest BCUT2D eigenvalue weighted by Gasteiger charge is -2.08. The van der Waals surface area contributed by atoms with Crippen LogP contribution in [0.1, 0.15) is 31.9 Å². The Morgan fingerprint density at radius 2 is 1.50 bits per heavy atom. The van der Waals surface area contributed by atoms with Crippen LogP contribution in [0.4, 0.5) is 0 Å². The van der Waals surface area contributed by atoms with E-state index in [1.165, 1.54) is 16.7 Å². The number of aromatic nitrogens is 1. The molecule has 1 aromatic heterocycles. The quantitative estimate of drug-likeness (QED) is 0.790. The van der Waals surface area contributed by atoms with Crippen LogP contribution in [0.15, 0.2) is 65.4 Å². The minimum Gasteiger partial charge on any atom is -0.280 e. The highest BCUT2D eigenvalue weighted by molar-refractivity contribution is 6.33. The normalized spacial score (nSPS) is 13.7. The van der Waals surface area contributed by atoms with Crippen molar-refractivity contribution in [3.8, 4) is 0 Å². The number of nitrogens with zero attached hydrogens (tertiary/aromatic N) is 2. The van der Waals surface area contributed by atoms with E-state index >= 15 is 0 Å². The Morgan fingerprint density at radius 1 is 0.850 bits per heavy atom. The van der Waals surface area contributed by atoms with Crippen molar-refractivity contribution in [1.82, 2.24) is 4.98 Å². The molecule has 2 nitrogen and oxygen atoms in total. The van der Waals surface area contributed by atoms with Gasteiger partial charge in [-0.25, -0.2) is 0 Å². The van der Waals surface area contributed by atoms with Gasteiger partial charge >= 0.3 is 0 Å². The van der Waals surface area contributed by atoms with E-state index in [4.69, 9.17) is 0 Å². The molecule has 0 spiro atoms. The van der Waals surface area contributed by atoms with Crippen LogP contribution < -0.4 is 0 Å². The molecular formula is C18H20N2. The summed E-state index contributed by atoms with van der Waals surface area (Å²) in [4.78, 5) is 8.72. The molecule has 0 bridgehead atoms.